The van der Waals surface area contributed by atoms with E-state index in [0.29, 0.717) is 0 Å². The molecular weight excluding hydrogens is 116 g/mol. The third-order valence-corrected chi connectivity index (χ3v) is 1.27. The van der Waals surface area contributed by atoms with Gasteiger partial charge in [-0.05, 0) is 6.42 Å². The summed E-state index contributed by atoms with van der Waals surface area (Å²) in [4.78, 5) is 10.6. The number of ether oxygens (including phenoxy) is 1. The molecule has 0 rings (SSSR count). The van der Waals surface area contributed by atoms with Gasteiger partial charge < -0.3 is 4.74 Å². The number of carbonyl (C=O) groups excluding carboxylic acids is 1. The van der Waals surface area contributed by atoms with Crippen molar-refractivity contribution < 1.29 is 9.53 Å². The molecule has 0 spiro atoms. The van der Waals surface area contributed by atoms with E-state index in [9.17, 15) is 4.79 Å². The number of hydrogen-bond acceptors (Lipinski definition) is 2. The maximum Gasteiger partial charge on any atom is 0.308 e. The molecule has 0 aromatic rings. The molecule has 0 aliphatic carbocycles. The molecule has 0 amide bonds. The zero-order valence-electron chi connectivity index (χ0n) is 6.02. The molecule has 0 aliphatic heterocycles. The van der Waals surface area contributed by atoms with Crippen molar-refractivity contribution in [3.8, 4) is 0 Å². The Balaban J connectivity index is 3.45. The molecule has 1 radical (unpaired) electrons. The molecule has 53 valence electrons. The average molecular weight is 129 g/mol. The van der Waals surface area contributed by atoms with Crippen LogP contribution in [0.3, 0.4) is 0 Å². The summed E-state index contributed by atoms with van der Waals surface area (Å²) in [5, 5.41) is 0. The highest BCUT2D eigenvalue weighted by Gasteiger charge is 2.10. The summed E-state index contributed by atoms with van der Waals surface area (Å²) in [6.07, 6.45) is 1.89. The van der Waals surface area contributed by atoms with E-state index >= 15 is 0 Å². The van der Waals surface area contributed by atoms with Crippen molar-refractivity contribution in [1.82, 2.24) is 0 Å². The second-order valence-corrected chi connectivity index (χ2v) is 2.15. The molecule has 0 fully saturated rings. The second-order valence-electron chi connectivity index (χ2n) is 2.15. The maximum atomic E-state index is 10.6. The van der Waals surface area contributed by atoms with Crippen molar-refractivity contribution in [1.29, 1.82) is 0 Å². The van der Waals surface area contributed by atoms with E-state index in [2.05, 4.69) is 11.8 Å². The van der Waals surface area contributed by atoms with Crippen molar-refractivity contribution in [2.75, 3.05) is 0 Å². The largest absolute Gasteiger partial charge is 0.462 e. The van der Waals surface area contributed by atoms with Crippen LogP contribution in [0.15, 0.2) is 0 Å². The highest BCUT2D eigenvalue weighted by Crippen LogP contribution is 2.05. The first-order valence-electron chi connectivity index (χ1n) is 3.18. The fourth-order valence-corrected chi connectivity index (χ4v) is 0.693. The Kier molecular flexibility index (Phi) is 4.10. The van der Waals surface area contributed by atoms with E-state index in [1.165, 1.54) is 0 Å². The van der Waals surface area contributed by atoms with Gasteiger partial charge >= 0.3 is 5.97 Å². The average Bonchev–Trinajstić information content (AvgIpc) is 1.87. The molecule has 0 heterocycles. The van der Waals surface area contributed by atoms with Gasteiger partial charge in [-0.2, -0.15) is 0 Å². The second kappa shape index (κ2) is 4.36. The lowest BCUT2D eigenvalue weighted by Gasteiger charge is -2.04. The molecule has 0 saturated heterocycles. The van der Waals surface area contributed by atoms with Gasteiger partial charge in [-0.1, -0.05) is 20.3 Å². The highest BCUT2D eigenvalue weighted by molar-refractivity contribution is 5.71. The molecule has 0 aromatic heterocycles. The van der Waals surface area contributed by atoms with Gasteiger partial charge in [0.2, 0.25) is 0 Å². The van der Waals surface area contributed by atoms with Crippen LogP contribution in [0.25, 0.3) is 0 Å². The van der Waals surface area contributed by atoms with E-state index in [1.54, 1.807) is 0 Å². The SMILES string of the molecule is [CH2]OC(=O)C(C)CCC. The zero-order valence-corrected chi connectivity index (χ0v) is 6.02. The van der Waals surface area contributed by atoms with Gasteiger partial charge in [0.25, 0.3) is 0 Å². The molecule has 0 aromatic carbocycles. The van der Waals surface area contributed by atoms with Gasteiger partial charge in [0, 0.05) is 0 Å². The summed E-state index contributed by atoms with van der Waals surface area (Å²) in [6.45, 7) is 3.88. The normalized spacial score (nSPS) is 12.8. The van der Waals surface area contributed by atoms with Crippen molar-refractivity contribution >= 4 is 5.97 Å². The van der Waals surface area contributed by atoms with Crippen LogP contribution in [-0.4, -0.2) is 5.97 Å². The summed E-state index contributed by atoms with van der Waals surface area (Å²) in [6, 6.07) is 0. The predicted molar refractivity (Wildman–Crippen MR) is 35.5 cm³/mol. The van der Waals surface area contributed by atoms with Crippen LogP contribution in [0.5, 0.6) is 0 Å². The van der Waals surface area contributed by atoms with Crippen LogP contribution in [0.2, 0.25) is 0 Å². The van der Waals surface area contributed by atoms with Crippen molar-refractivity contribution in [3.63, 3.8) is 0 Å². The van der Waals surface area contributed by atoms with Crippen molar-refractivity contribution in [3.05, 3.63) is 7.11 Å². The fourth-order valence-electron chi connectivity index (χ4n) is 0.693. The minimum atomic E-state index is -0.211. The van der Waals surface area contributed by atoms with Gasteiger partial charge in [-0.3, -0.25) is 4.79 Å². The molecule has 2 heteroatoms. The lowest BCUT2D eigenvalue weighted by Crippen LogP contribution is -2.10. The lowest BCUT2D eigenvalue weighted by atomic mass is 10.1. The van der Waals surface area contributed by atoms with E-state index in [4.69, 9.17) is 0 Å². The van der Waals surface area contributed by atoms with Gasteiger partial charge in [0.1, 0.15) is 7.11 Å². The van der Waals surface area contributed by atoms with Crippen molar-refractivity contribution in [2.45, 2.75) is 26.7 Å². The molecule has 0 aliphatic rings. The summed E-state index contributed by atoms with van der Waals surface area (Å²) in [5.74, 6) is -0.204. The molecular formula is C7H13O2. The molecule has 0 N–H and O–H groups in total. The van der Waals surface area contributed by atoms with Crippen LogP contribution >= 0.6 is 0 Å². The first-order valence-corrected chi connectivity index (χ1v) is 3.18. The Labute approximate surface area is 56.2 Å². The standard InChI is InChI=1S/C7H13O2/c1-4-5-6(2)7(8)9-3/h6H,3-5H2,1-2H3. The number of rotatable bonds is 3. The van der Waals surface area contributed by atoms with E-state index in [1.807, 2.05) is 13.8 Å². The van der Waals surface area contributed by atoms with Crippen LogP contribution < -0.4 is 0 Å². The van der Waals surface area contributed by atoms with Crippen LogP contribution in [0.1, 0.15) is 26.7 Å². The molecule has 1 atom stereocenters. The zero-order chi connectivity index (χ0) is 7.28. The lowest BCUT2D eigenvalue weighted by molar-refractivity contribution is -0.142. The molecule has 9 heavy (non-hydrogen) atoms. The smallest absolute Gasteiger partial charge is 0.308 e. The van der Waals surface area contributed by atoms with E-state index < -0.39 is 0 Å². The monoisotopic (exact) mass is 129 g/mol. The minimum Gasteiger partial charge on any atom is -0.462 e. The predicted octanol–water partition coefficient (Wildman–Crippen LogP) is 1.76. The third kappa shape index (κ3) is 3.12. The fraction of sp³-hybridized carbons (Fsp3) is 0.714. The number of hydrogen-bond donors (Lipinski definition) is 0. The molecule has 0 bridgehead atoms. The first kappa shape index (κ1) is 8.47. The summed E-state index contributed by atoms with van der Waals surface area (Å²) in [7, 11) is 3.04. The Morgan fingerprint density at radius 1 is 1.78 bits per heavy atom. The van der Waals surface area contributed by atoms with Crippen molar-refractivity contribution in [2.24, 2.45) is 5.92 Å². The van der Waals surface area contributed by atoms with E-state index in [0.717, 1.165) is 12.8 Å². The minimum absolute atomic E-state index is 0.00694. The maximum absolute atomic E-state index is 10.6. The van der Waals surface area contributed by atoms with Gasteiger partial charge in [-0.25, -0.2) is 0 Å². The number of esters is 1. The number of carbonyl (C=O) groups is 1. The van der Waals surface area contributed by atoms with Crippen LogP contribution in [0, 0.1) is 13.0 Å². The molecule has 1 unspecified atom stereocenters. The first-order chi connectivity index (χ1) is 4.22. The summed E-state index contributed by atoms with van der Waals surface area (Å²) in [5.41, 5.74) is 0. The van der Waals surface area contributed by atoms with Gasteiger partial charge in [0.15, 0.2) is 0 Å². The quantitative estimate of drug-likeness (QED) is 0.543. The van der Waals surface area contributed by atoms with E-state index in [-0.39, 0.29) is 11.9 Å². The Bertz CT molecular complexity index is 88.9. The van der Waals surface area contributed by atoms with Gasteiger partial charge in [0.05, 0.1) is 5.92 Å². The third-order valence-electron chi connectivity index (χ3n) is 1.27. The van der Waals surface area contributed by atoms with Crippen LogP contribution in [-0.2, 0) is 9.53 Å². The van der Waals surface area contributed by atoms with Crippen LogP contribution in [0.4, 0.5) is 0 Å². The summed E-state index contributed by atoms with van der Waals surface area (Å²) >= 11 is 0. The molecule has 0 saturated carbocycles. The Hall–Kier alpha value is -0.530. The topological polar surface area (TPSA) is 26.3 Å². The molecule has 2 nitrogen and oxygen atoms in total. The Morgan fingerprint density at radius 2 is 2.33 bits per heavy atom. The Morgan fingerprint density at radius 3 is 2.67 bits per heavy atom. The summed E-state index contributed by atoms with van der Waals surface area (Å²) < 4.78 is 4.28. The highest BCUT2D eigenvalue weighted by atomic mass is 16.5. The van der Waals surface area contributed by atoms with Gasteiger partial charge in [-0.15, -0.1) is 0 Å².